The van der Waals surface area contributed by atoms with Gasteiger partial charge in [-0.05, 0) is 58.1 Å². The first-order chi connectivity index (χ1) is 11.7. The van der Waals surface area contributed by atoms with Crippen molar-refractivity contribution in [3.8, 4) is 0 Å². The molecule has 25 heavy (non-hydrogen) atoms. The third kappa shape index (κ3) is 5.10. The number of sulfonamides is 1. The molecule has 0 saturated carbocycles. The number of thiol groups is 1. The van der Waals surface area contributed by atoms with Crippen LogP contribution in [-0.4, -0.2) is 56.8 Å². The van der Waals surface area contributed by atoms with E-state index < -0.39 is 26.8 Å². The number of hydrogen-bond donors (Lipinski definition) is 2. The lowest BCUT2D eigenvalue weighted by molar-refractivity contribution is -0.146. The predicted octanol–water partition coefficient (Wildman–Crippen LogP) is 1.94. The zero-order valence-electron chi connectivity index (χ0n) is 14.2. The molecule has 6 nitrogen and oxygen atoms in total. The zero-order chi connectivity index (χ0) is 18.7. The van der Waals surface area contributed by atoms with Crippen molar-refractivity contribution in [3.63, 3.8) is 0 Å². The molecule has 1 aromatic carbocycles. The van der Waals surface area contributed by atoms with Crippen LogP contribution in [0.5, 0.6) is 0 Å². The van der Waals surface area contributed by atoms with E-state index in [1.807, 2.05) is 7.05 Å². The fourth-order valence-electron chi connectivity index (χ4n) is 2.75. The number of benzene rings is 1. The van der Waals surface area contributed by atoms with Gasteiger partial charge in [0.25, 0.3) is 0 Å². The number of carbonyl (C=O) groups is 1. The van der Waals surface area contributed by atoms with Crippen molar-refractivity contribution in [2.75, 3.05) is 26.7 Å². The fourth-order valence-corrected chi connectivity index (χ4v) is 4.77. The average Bonchev–Trinajstić information content (AvgIpc) is 2.56. The number of hydrogen-bond acceptors (Lipinski definition) is 6. The lowest BCUT2D eigenvalue weighted by atomic mass is 9.89. The Morgan fingerprint density at radius 3 is 2.64 bits per heavy atom. The Morgan fingerprint density at radius 2 is 2.08 bits per heavy atom. The van der Waals surface area contributed by atoms with Crippen LogP contribution >= 0.6 is 24.2 Å². The molecule has 0 unspecified atom stereocenters. The van der Waals surface area contributed by atoms with Gasteiger partial charge in [-0.25, -0.2) is 8.42 Å². The van der Waals surface area contributed by atoms with Gasteiger partial charge in [0, 0.05) is 9.77 Å². The molecule has 1 N–H and O–H groups in total. The summed E-state index contributed by atoms with van der Waals surface area (Å²) < 4.78 is 32.2. The Morgan fingerprint density at radius 1 is 1.44 bits per heavy atom. The highest BCUT2D eigenvalue weighted by molar-refractivity contribution is 7.89. The summed E-state index contributed by atoms with van der Waals surface area (Å²) in [6, 6.07) is 4.82. The van der Waals surface area contributed by atoms with E-state index in [9.17, 15) is 13.2 Å². The number of halogens is 1. The molecule has 2 rings (SSSR count). The minimum Gasteiger partial charge on any atom is -0.465 e. The molecule has 0 radical (unpaired) electrons. The summed E-state index contributed by atoms with van der Waals surface area (Å²) in [5.74, 6) is -0.618. The molecule has 9 heteroatoms. The second-order valence-corrected chi connectivity index (χ2v) is 9.21. The summed E-state index contributed by atoms with van der Waals surface area (Å²) in [4.78, 5) is 14.6. The van der Waals surface area contributed by atoms with Crippen molar-refractivity contribution in [1.82, 2.24) is 9.62 Å². The summed E-state index contributed by atoms with van der Waals surface area (Å²) in [6.07, 6.45) is 1.13. The van der Waals surface area contributed by atoms with E-state index in [4.69, 9.17) is 16.3 Å². The van der Waals surface area contributed by atoms with Crippen LogP contribution in [0.3, 0.4) is 0 Å². The van der Waals surface area contributed by atoms with Gasteiger partial charge in [-0.15, -0.1) is 0 Å². The molecular weight excluding hydrogens is 384 g/mol. The van der Waals surface area contributed by atoms with Crippen LogP contribution < -0.4 is 4.72 Å². The van der Waals surface area contributed by atoms with Gasteiger partial charge >= 0.3 is 5.97 Å². The fraction of sp³-hybridized carbons (Fsp3) is 0.562. The highest BCUT2D eigenvalue weighted by Crippen LogP contribution is 2.33. The van der Waals surface area contributed by atoms with Gasteiger partial charge in [-0.2, -0.15) is 17.4 Å². The van der Waals surface area contributed by atoms with Crippen LogP contribution in [0.1, 0.15) is 19.8 Å². The first-order valence-electron chi connectivity index (χ1n) is 8.03. The lowest BCUT2D eigenvalue weighted by Crippen LogP contribution is -2.58. The van der Waals surface area contributed by atoms with E-state index in [0.29, 0.717) is 17.9 Å². The van der Waals surface area contributed by atoms with Gasteiger partial charge in [0.2, 0.25) is 10.0 Å². The van der Waals surface area contributed by atoms with Crippen molar-refractivity contribution in [2.45, 2.75) is 35.4 Å². The van der Waals surface area contributed by atoms with Crippen LogP contribution in [-0.2, 0) is 19.6 Å². The highest BCUT2D eigenvalue weighted by Gasteiger charge is 2.45. The third-order valence-corrected chi connectivity index (χ3v) is 6.65. The molecule has 1 aliphatic rings. The number of esters is 1. The number of nitrogens with zero attached hydrogens (tertiary/aromatic N) is 1. The van der Waals surface area contributed by atoms with E-state index in [1.165, 1.54) is 12.1 Å². The lowest BCUT2D eigenvalue weighted by Gasteiger charge is -2.41. The molecule has 0 aromatic heterocycles. The number of likely N-dealkylation sites (tertiary alicyclic amines) is 1. The first-order valence-corrected chi connectivity index (χ1v) is 10.3. The Kier molecular flexibility index (Phi) is 6.78. The molecule has 1 fully saturated rings. The summed E-state index contributed by atoms with van der Waals surface area (Å²) in [5, 5.41) is 0.301. The number of rotatable bonds is 6. The van der Waals surface area contributed by atoms with Crippen LogP contribution in [0, 0.1) is 0 Å². The van der Waals surface area contributed by atoms with Crippen LogP contribution in [0.15, 0.2) is 29.2 Å². The topological polar surface area (TPSA) is 75.7 Å². The molecular formula is C16H23ClN2O4S2. The highest BCUT2D eigenvalue weighted by atomic mass is 35.5. The molecule has 1 atom stereocenters. The molecule has 0 bridgehead atoms. The molecule has 1 heterocycles. The predicted molar refractivity (Wildman–Crippen MR) is 101 cm³/mol. The quantitative estimate of drug-likeness (QED) is 0.557. The first kappa shape index (κ1) is 20.5. The van der Waals surface area contributed by atoms with Gasteiger partial charge in [0.15, 0.2) is 0 Å². The van der Waals surface area contributed by atoms with Gasteiger partial charge in [0.1, 0.15) is 6.04 Å². The van der Waals surface area contributed by atoms with Crippen molar-refractivity contribution < 1.29 is 17.9 Å². The van der Waals surface area contributed by atoms with E-state index in [2.05, 4.69) is 22.3 Å². The molecule has 1 saturated heterocycles. The third-order valence-electron chi connectivity index (χ3n) is 4.29. The number of nitrogens with one attached hydrogen (secondary N) is 1. The maximum atomic E-state index is 12.7. The molecule has 140 valence electrons. The number of carbonyl (C=O) groups excluding carboxylic acids is 1. The Bertz CT molecular complexity index is 719. The monoisotopic (exact) mass is 406 g/mol. The maximum absolute atomic E-state index is 12.7. The standard InChI is InChI=1S/C16H23ClN2O4S2/c1-3-23-15(20)14(16(24)7-9-19(2)10-8-16)18-25(21,22)13-6-4-5-12(17)11-13/h4-6,11,14,18,24H,3,7-10H2,1-2H3/t14-/m0/s1. The van der Waals surface area contributed by atoms with Gasteiger partial charge in [0.05, 0.1) is 11.5 Å². The average molecular weight is 407 g/mol. The summed E-state index contributed by atoms with van der Waals surface area (Å²) in [6.45, 7) is 3.29. The normalized spacial score (nSPS) is 19.4. The van der Waals surface area contributed by atoms with E-state index in [-0.39, 0.29) is 11.5 Å². The van der Waals surface area contributed by atoms with Gasteiger partial charge in [-0.3, -0.25) is 4.79 Å². The second kappa shape index (κ2) is 8.26. The van der Waals surface area contributed by atoms with Gasteiger partial charge < -0.3 is 9.64 Å². The molecule has 0 spiro atoms. The minimum absolute atomic E-state index is 0.000778. The minimum atomic E-state index is -3.94. The summed E-state index contributed by atoms with van der Waals surface area (Å²) in [5.41, 5.74) is 0. The van der Waals surface area contributed by atoms with Crippen molar-refractivity contribution in [1.29, 1.82) is 0 Å². The number of ether oxygens (including phenoxy) is 1. The van der Waals surface area contributed by atoms with E-state index >= 15 is 0 Å². The maximum Gasteiger partial charge on any atom is 0.325 e. The van der Waals surface area contributed by atoms with Crippen molar-refractivity contribution in [3.05, 3.63) is 29.3 Å². The Labute approximate surface area is 159 Å². The van der Waals surface area contributed by atoms with Crippen LogP contribution in [0.4, 0.5) is 0 Å². The SMILES string of the molecule is CCOC(=O)[C@H](NS(=O)(=O)c1cccc(Cl)c1)C1(S)CCN(C)CC1. The van der Waals surface area contributed by atoms with Crippen molar-refractivity contribution >= 4 is 40.2 Å². The van der Waals surface area contributed by atoms with Gasteiger partial charge in [-0.1, -0.05) is 17.7 Å². The molecule has 0 amide bonds. The molecule has 0 aliphatic carbocycles. The summed E-state index contributed by atoms with van der Waals surface area (Å²) >= 11 is 10.6. The molecule has 1 aromatic rings. The van der Waals surface area contributed by atoms with Crippen LogP contribution in [0.2, 0.25) is 5.02 Å². The van der Waals surface area contributed by atoms with Crippen molar-refractivity contribution in [2.24, 2.45) is 0 Å². The Hall–Kier alpha value is -0.800. The summed E-state index contributed by atoms with van der Waals surface area (Å²) in [7, 11) is -1.97. The van der Waals surface area contributed by atoms with E-state index in [0.717, 1.165) is 13.1 Å². The molecule has 1 aliphatic heterocycles. The van der Waals surface area contributed by atoms with Crippen LogP contribution in [0.25, 0.3) is 0 Å². The smallest absolute Gasteiger partial charge is 0.325 e. The van der Waals surface area contributed by atoms with E-state index in [1.54, 1.807) is 19.1 Å². The number of piperidine rings is 1. The Balaban J connectivity index is 2.31. The largest absolute Gasteiger partial charge is 0.465 e. The zero-order valence-corrected chi connectivity index (χ0v) is 16.7. The second-order valence-electron chi connectivity index (χ2n) is 6.17.